The third-order valence-corrected chi connectivity index (χ3v) is 7.41. The van der Waals surface area contributed by atoms with Gasteiger partial charge in [-0.05, 0) is 29.7 Å². The number of nitrogens with zero attached hydrogens (tertiary/aromatic N) is 2. The van der Waals surface area contributed by atoms with Gasteiger partial charge in [-0.3, -0.25) is 0 Å². The van der Waals surface area contributed by atoms with E-state index in [0.717, 1.165) is 15.9 Å². The van der Waals surface area contributed by atoms with Crippen molar-refractivity contribution in [3.8, 4) is 0 Å². The molecule has 0 amide bonds. The molecule has 3 aromatic rings. The molecule has 4 rings (SSSR count). The fourth-order valence-electron chi connectivity index (χ4n) is 5.12. The molecule has 1 heterocycles. The number of carbonyl (C=O) groups excluding carboxylic acids is 1. The Balaban J connectivity index is 0.00000380. The summed E-state index contributed by atoms with van der Waals surface area (Å²) >= 11 is 3.46. The SMILES string of the molecule is CC(C)c1n(CCOC(=O)[C@](O)(c2ccccc2)[C@@H]2CCC(F)(F)C2)cc[n+]1Cc1ccc(Br)cc1.[Br-]. The van der Waals surface area contributed by atoms with Crippen LogP contribution in [0.2, 0.25) is 0 Å². The number of alkyl halides is 2. The molecule has 5 nitrogen and oxygen atoms in total. The number of aliphatic hydroxyl groups is 1. The molecule has 9 heteroatoms. The summed E-state index contributed by atoms with van der Waals surface area (Å²) in [6.07, 6.45) is 3.11. The van der Waals surface area contributed by atoms with Gasteiger partial charge in [-0.15, -0.1) is 0 Å². The van der Waals surface area contributed by atoms with Gasteiger partial charge in [0.1, 0.15) is 32.1 Å². The number of ether oxygens (including phenoxy) is 1. The predicted octanol–water partition coefficient (Wildman–Crippen LogP) is 2.58. The van der Waals surface area contributed by atoms with E-state index >= 15 is 0 Å². The van der Waals surface area contributed by atoms with Crippen LogP contribution in [0.1, 0.15) is 56.0 Å². The maximum atomic E-state index is 14.0. The lowest BCUT2D eigenvalue weighted by molar-refractivity contribution is -0.696. The zero-order valence-electron chi connectivity index (χ0n) is 20.9. The summed E-state index contributed by atoms with van der Waals surface area (Å²) in [6.45, 7) is 5.31. The summed E-state index contributed by atoms with van der Waals surface area (Å²) in [5.41, 5.74) is -0.662. The van der Waals surface area contributed by atoms with E-state index in [0.29, 0.717) is 13.1 Å². The van der Waals surface area contributed by atoms with Gasteiger partial charge in [0.2, 0.25) is 5.92 Å². The average molecular weight is 642 g/mol. The van der Waals surface area contributed by atoms with Gasteiger partial charge in [0.25, 0.3) is 5.82 Å². The van der Waals surface area contributed by atoms with E-state index < -0.39 is 29.8 Å². The lowest BCUT2D eigenvalue weighted by atomic mass is 9.80. The van der Waals surface area contributed by atoms with Crippen LogP contribution in [0, 0.1) is 5.92 Å². The van der Waals surface area contributed by atoms with Crippen LogP contribution in [-0.2, 0) is 28.2 Å². The van der Waals surface area contributed by atoms with Crippen LogP contribution < -0.4 is 21.5 Å². The van der Waals surface area contributed by atoms with Crippen molar-refractivity contribution >= 4 is 21.9 Å². The Hall–Kier alpha value is -2.10. The van der Waals surface area contributed by atoms with Crippen molar-refractivity contribution in [2.24, 2.45) is 5.92 Å². The van der Waals surface area contributed by atoms with Crippen molar-refractivity contribution in [1.82, 2.24) is 4.57 Å². The quantitative estimate of drug-likeness (QED) is 0.289. The molecule has 2 atom stereocenters. The molecule has 37 heavy (non-hydrogen) atoms. The predicted molar refractivity (Wildman–Crippen MR) is 136 cm³/mol. The maximum absolute atomic E-state index is 14.0. The molecule has 1 aliphatic carbocycles. The number of rotatable bonds is 9. The summed E-state index contributed by atoms with van der Waals surface area (Å²) in [6, 6.07) is 16.4. The number of aromatic nitrogens is 2. The highest BCUT2D eigenvalue weighted by Crippen LogP contribution is 2.47. The lowest BCUT2D eigenvalue weighted by Gasteiger charge is -2.32. The summed E-state index contributed by atoms with van der Waals surface area (Å²) < 4.78 is 38.8. The normalized spacial score (nSPS) is 18.3. The lowest BCUT2D eigenvalue weighted by Crippen LogP contribution is -3.00. The molecule has 0 radical (unpaired) electrons. The van der Waals surface area contributed by atoms with Crippen molar-refractivity contribution < 1.29 is 45.0 Å². The molecule has 0 bridgehead atoms. The number of carbonyl (C=O) groups is 1. The van der Waals surface area contributed by atoms with Crippen molar-refractivity contribution in [2.45, 2.75) is 63.6 Å². The Bertz CT molecular complexity index is 1190. The number of imidazole rings is 1. The zero-order chi connectivity index (χ0) is 25.9. The molecule has 1 N–H and O–H groups in total. The highest BCUT2D eigenvalue weighted by atomic mass is 79.9. The molecule has 200 valence electrons. The van der Waals surface area contributed by atoms with Crippen LogP contribution in [-0.4, -0.2) is 28.2 Å². The zero-order valence-corrected chi connectivity index (χ0v) is 24.1. The van der Waals surface area contributed by atoms with Crippen LogP contribution in [0.5, 0.6) is 0 Å². The van der Waals surface area contributed by atoms with Crippen molar-refractivity contribution in [3.05, 3.63) is 88.4 Å². The second-order valence-corrected chi connectivity index (χ2v) is 10.7. The first kappa shape index (κ1) is 29.5. The largest absolute Gasteiger partial charge is 1.00 e. The van der Waals surface area contributed by atoms with E-state index in [1.807, 2.05) is 29.1 Å². The summed E-state index contributed by atoms with van der Waals surface area (Å²) in [5, 5.41) is 11.5. The van der Waals surface area contributed by atoms with Gasteiger partial charge >= 0.3 is 5.97 Å². The first-order valence-corrected chi connectivity index (χ1v) is 13.1. The van der Waals surface area contributed by atoms with Crippen LogP contribution >= 0.6 is 15.9 Å². The van der Waals surface area contributed by atoms with E-state index in [2.05, 4.69) is 46.5 Å². The smallest absolute Gasteiger partial charge is 0.343 e. The molecule has 0 unspecified atom stereocenters. The van der Waals surface area contributed by atoms with Gasteiger partial charge in [-0.1, -0.05) is 72.2 Å². The number of benzene rings is 2. The minimum Gasteiger partial charge on any atom is -1.00 e. The van der Waals surface area contributed by atoms with Gasteiger partial charge in [-0.25, -0.2) is 22.7 Å². The first-order valence-electron chi connectivity index (χ1n) is 12.3. The van der Waals surface area contributed by atoms with Gasteiger partial charge in [0.15, 0.2) is 5.60 Å². The Labute approximate surface area is 235 Å². The number of esters is 1. The monoisotopic (exact) mass is 640 g/mol. The molecule has 1 aliphatic rings. The molecule has 0 spiro atoms. The highest BCUT2D eigenvalue weighted by molar-refractivity contribution is 9.10. The third-order valence-electron chi connectivity index (χ3n) is 6.88. The summed E-state index contributed by atoms with van der Waals surface area (Å²) in [7, 11) is 0. The molecule has 1 saturated carbocycles. The fraction of sp³-hybridized carbons (Fsp3) is 0.429. The topological polar surface area (TPSA) is 55.3 Å². The minimum atomic E-state index is -2.90. The van der Waals surface area contributed by atoms with Gasteiger partial charge < -0.3 is 26.8 Å². The van der Waals surface area contributed by atoms with Crippen molar-refractivity contribution in [1.29, 1.82) is 0 Å². The van der Waals surface area contributed by atoms with Crippen molar-refractivity contribution in [2.75, 3.05) is 6.61 Å². The number of hydrogen-bond donors (Lipinski definition) is 1. The Morgan fingerprint density at radius 3 is 2.49 bits per heavy atom. The second kappa shape index (κ2) is 12.2. The minimum absolute atomic E-state index is 0. The molecule has 1 fully saturated rings. The fourth-order valence-corrected chi connectivity index (χ4v) is 5.38. The second-order valence-electron chi connectivity index (χ2n) is 9.82. The molecule has 0 aliphatic heterocycles. The van der Waals surface area contributed by atoms with Crippen LogP contribution in [0.4, 0.5) is 8.78 Å². The number of hydrogen-bond acceptors (Lipinski definition) is 3. The molecular weight excluding hydrogens is 610 g/mol. The molecule has 0 saturated heterocycles. The summed E-state index contributed by atoms with van der Waals surface area (Å²) in [5.74, 6) is -3.39. The Morgan fingerprint density at radius 1 is 1.22 bits per heavy atom. The van der Waals surface area contributed by atoms with Gasteiger partial charge in [-0.2, -0.15) is 0 Å². The average Bonchev–Trinajstić information content (AvgIpc) is 3.43. The number of halogens is 4. The van der Waals surface area contributed by atoms with E-state index in [-0.39, 0.29) is 47.9 Å². The van der Waals surface area contributed by atoms with E-state index in [4.69, 9.17) is 4.74 Å². The molecular formula is C28H32Br2F2N2O3. The molecule has 2 aromatic carbocycles. The first-order chi connectivity index (χ1) is 17.1. The standard InChI is InChI=1S/C28H32BrF2N2O3.BrH/c1-20(2)25-32(14-15-33(25)19-21-8-10-24(29)11-9-21)16-17-36-26(34)28(35,22-6-4-3-5-7-22)23-12-13-27(30,31)18-23;/h3-11,14-15,20,23,35H,12-13,16-19H2,1-2H3;1H/q+1;/p-1/t23-,28+;/m1./s1. The van der Waals surface area contributed by atoms with Crippen molar-refractivity contribution in [3.63, 3.8) is 0 Å². The van der Waals surface area contributed by atoms with Gasteiger partial charge in [0, 0.05) is 23.2 Å². The highest BCUT2D eigenvalue weighted by Gasteiger charge is 2.54. The van der Waals surface area contributed by atoms with Gasteiger partial charge in [0.05, 0.1) is 5.92 Å². The van der Waals surface area contributed by atoms with E-state index in [1.165, 1.54) is 0 Å². The van der Waals surface area contributed by atoms with Crippen LogP contribution in [0.25, 0.3) is 0 Å². The van der Waals surface area contributed by atoms with Crippen LogP contribution in [0.3, 0.4) is 0 Å². The Kier molecular flexibility index (Phi) is 9.69. The molecule has 1 aromatic heterocycles. The summed E-state index contributed by atoms with van der Waals surface area (Å²) in [4.78, 5) is 13.2. The Morgan fingerprint density at radius 2 is 1.89 bits per heavy atom. The maximum Gasteiger partial charge on any atom is 0.343 e. The third kappa shape index (κ3) is 6.67. The van der Waals surface area contributed by atoms with E-state index in [9.17, 15) is 18.7 Å². The van der Waals surface area contributed by atoms with Crippen LogP contribution in [0.15, 0.2) is 71.5 Å². The van der Waals surface area contributed by atoms with E-state index in [1.54, 1.807) is 30.3 Å².